The van der Waals surface area contributed by atoms with Crippen molar-refractivity contribution in [2.24, 2.45) is 11.8 Å². The third kappa shape index (κ3) is 3.73. The van der Waals surface area contributed by atoms with Crippen LogP contribution in [0.3, 0.4) is 0 Å². The summed E-state index contributed by atoms with van der Waals surface area (Å²) in [5, 5.41) is 12.4. The quantitative estimate of drug-likeness (QED) is 0.807. The Morgan fingerprint density at radius 1 is 1.11 bits per heavy atom. The van der Waals surface area contributed by atoms with Gasteiger partial charge in [-0.25, -0.2) is 0 Å². The Kier molecular flexibility index (Phi) is 4.81. The summed E-state index contributed by atoms with van der Waals surface area (Å²) in [5.41, 5.74) is 3.42. The van der Waals surface area contributed by atoms with Crippen LogP contribution in [0, 0.1) is 11.8 Å². The fourth-order valence-corrected chi connectivity index (χ4v) is 3.70. The summed E-state index contributed by atoms with van der Waals surface area (Å²) in [4.78, 5) is 37.3. The maximum atomic E-state index is 12.5. The Morgan fingerprint density at radius 2 is 1.86 bits per heavy atom. The second-order valence-corrected chi connectivity index (χ2v) is 7.66. The zero-order chi connectivity index (χ0) is 19.8. The number of amides is 2. The number of rotatable bonds is 5. The molecule has 0 saturated heterocycles. The van der Waals surface area contributed by atoms with Crippen molar-refractivity contribution < 1.29 is 19.5 Å². The average molecular weight is 399 g/mol. The number of aliphatic carboxylic acids is 1. The average Bonchev–Trinajstić information content (AvgIpc) is 3.47. The van der Waals surface area contributed by atoms with Crippen molar-refractivity contribution in [2.45, 2.75) is 25.8 Å². The van der Waals surface area contributed by atoms with Crippen LogP contribution in [0.25, 0.3) is 0 Å². The Labute approximate surface area is 167 Å². The fraction of sp³-hybridized carbons (Fsp3) is 0.286. The summed E-state index contributed by atoms with van der Waals surface area (Å²) in [6.45, 7) is 0.455. The van der Waals surface area contributed by atoms with Crippen molar-refractivity contribution in [3.63, 3.8) is 0 Å². The van der Waals surface area contributed by atoms with Crippen molar-refractivity contribution >= 4 is 40.8 Å². The molecular formula is C21H19ClN2O4. The van der Waals surface area contributed by atoms with Gasteiger partial charge in [-0.05, 0) is 54.3 Å². The number of aryl methyl sites for hydroxylation is 1. The molecule has 1 fully saturated rings. The van der Waals surface area contributed by atoms with Gasteiger partial charge in [0.15, 0.2) is 0 Å². The van der Waals surface area contributed by atoms with Gasteiger partial charge in [0.25, 0.3) is 0 Å². The number of nitrogens with one attached hydrogen (secondary N) is 1. The highest BCUT2D eigenvalue weighted by atomic mass is 35.5. The lowest BCUT2D eigenvalue weighted by atomic mass is 9.99. The molecule has 1 aliphatic heterocycles. The first-order valence-electron chi connectivity index (χ1n) is 9.14. The van der Waals surface area contributed by atoms with Crippen LogP contribution in [0.1, 0.15) is 24.0 Å². The molecule has 1 saturated carbocycles. The molecule has 0 aromatic heterocycles. The number of carboxylic acids is 1. The van der Waals surface area contributed by atoms with E-state index in [1.807, 2.05) is 24.3 Å². The van der Waals surface area contributed by atoms with Crippen molar-refractivity contribution in [2.75, 3.05) is 10.2 Å². The van der Waals surface area contributed by atoms with Crippen LogP contribution in [0.2, 0.25) is 5.02 Å². The molecule has 7 heteroatoms. The fourth-order valence-electron chi connectivity index (χ4n) is 3.58. The van der Waals surface area contributed by atoms with Gasteiger partial charge in [0, 0.05) is 22.8 Å². The Hall–Kier alpha value is -2.86. The normalized spacial score (nSPS) is 20.5. The molecule has 2 atom stereocenters. The molecule has 2 unspecified atom stereocenters. The maximum absolute atomic E-state index is 12.5. The highest BCUT2D eigenvalue weighted by molar-refractivity contribution is 6.30. The number of benzene rings is 2. The van der Waals surface area contributed by atoms with E-state index in [2.05, 4.69) is 5.32 Å². The Bertz CT molecular complexity index is 957. The molecular weight excluding hydrogens is 380 g/mol. The molecule has 1 heterocycles. The lowest BCUT2D eigenvalue weighted by Gasteiger charge is -2.30. The number of halogens is 1. The number of hydrogen-bond donors (Lipinski definition) is 2. The second-order valence-electron chi connectivity index (χ2n) is 7.23. The molecule has 144 valence electrons. The van der Waals surface area contributed by atoms with Gasteiger partial charge in [-0.15, -0.1) is 0 Å². The lowest BCUT2D eigenvalue weighted by Crippen LogP contribution is -2.34. The van der Waals surface area contributed by atoms with Crippen LogP contribution in [-0.4, -0.2) is 22.9 Å². The van der Waals surface area contributed by atoms with Gasteiger partial charge in [-0.1, -0.05) is 23.7 Å². The van der Waals surface area contributed by atoms with E-state index in [-0.39, 0.29) is 11.8 Å². The van der Waals surface area contributed by atoms with Gasteiger partial charge in [-0.2, -0.15) is 0 Å². The van der Waals surface area contributed by atoms with Gasteiger partial charge in [0.05, 0.1) is 18.4 Å². The van der Waals surface area contributed by atoms with Crippen LogP contribution in [0.15, 0.2) is 42.5 Å². The molecule has 4 rings (SSSR count). The highest BCUT2D eigenvalue weighted by Gasteiger charge is 2.48. The number of nitrogens with zero attached hydrogens (tertiary/aromatic N) is 1. The van der Waals surface area contributed by atoms with Crippen LogP contribution in [0.5, 0.6) is 0 Å². The third-order valence-electron chi connectivity index (χ3n) is 5.25. The maximum Gasteiger partial charge on any atom is 0.307 e. The predicted molar refractivity (Wildman–Crippen MR) is 105 cm³/mol. The smallest absolute Gasteiger partial charge is 0.307 e. The first-order chi connectivity index (χ1) is 13.4. The number of fused-ring (bicyclic) bond motifs is 1. The number of carbonyl (C=O) groups excluding carboxylic acids is 2. The van der Waals surface area contributed by atoms with E-state index in [0.29, 0.717) is 36.5 Å². The summed E-state index contributed by atoms with van der Waals surface area (Å²) in [6.07, 6.45) is 1.40. The monoisotopic (exact) mass is 398 g/mol. The van der Waals surface area contributed by atoms with Crippen LogP contribution in [0.4, 0.5) is 11.4 Å². The molecule has 1 aliphatic carbocycles. The molecule has 0 spiro atoms. The minimum atomic E-state index is -0.929. The summed E-state index contributed by atoms with van der Waals surface area (Å²) in [7, 11) is 0. The summed E-state index contributed by atoms with van der Waals surface area (Å²) in [5.74, 6) is -2.18. The Morgan fingerprint density at radius 3 is 2.54 bits per heavy atom. The van der Waals surface area contributed by atoms with Gasteiger partial charge < -0.3 is 15.3 Å². The molecule has 0 bridgehead atoms. The van der Waals surface area contributed by atoms with Crippen LogP contribution >= 0.6 is 11.6 Å². The summed E-state index contributed by atoms with van der Waals surface area (Å²) < 4.78 is 0. The number of hydrogen-bond acceptors (Lipinski definition) is 3. The summed E-state index contributed by atoms with van der Waals surface area (Å²) in [6, 6.07) is 12.8. The number of carbonyl (C=O) groups is 3. The van der Waals surface area contributed by atoms with Crippen molar-refractivity contribution in [3.8, 4) is 0 Å². The van der Waals surface area contributed by atoms with E-state index in [9.17, 15) is 14.4 Å². The van der Waals surface area contributed by atoms with E-state index in [1.54, 1.807) is 23.1 Å². The van der Waals surface area contributed by atoms with Crippen LogP contribution < -0.4 is 10.2 Å². The first kappa shape index (κ1) is 18.5. The van der Waals surface area contributed by atoms with Crippen molar-refractivity contribution in [1.82, 2.24) is 0 Å². The van der Waals surface area contributed by atoms with Crippen molar-refractivity contribution in [1.29, 1.82) is 0 Å². The first-order valence-corrected chi connectivity index (χ1v) is 9.51. The SMILES string of the molecule is O=C(O)C1CC1C(=O)Nc1ccc2c(c1)CCC(=O)N2Cc1ccc(Cl)cc1. The molecule has 2 amide bonds. The molecule has 2 aromatic carbocycles. The van der Waals surface area contributed by atoms with E-state index < -0.39 is 17.8 Å². The van der Waals surface area contributed by atoms with Crippen LogP contribution in [-0.2, 0) is 27.3 Å². The number of carboxylic acid groups (broad SMARTS) is 1. The molecule has 0 radical (unpaired) electrons. The second kappa shape index (κ2) is 7.28. The minimum absolute atomic E-state index is 0.0570. The zero-order valence-electron chi connectivity index (χ0n) is 15.0. The highest BCUT2D eigenvalue weighted by Crippen LogP contribution is 2.40. The predicted octanol–water partition coefficient (Wildman–Crippen LogP) is 3.48. The zero-order valence-corrected chi connectivity index (χ0v) is 15.8. The largest absolute Gasteiger partial charge is 0.481 e. The number of anilines is 2. The third-order valence-corrected chi connectivity index (χ3v) is 5.50. The molecule has 2 aromatic rings. The standard InChI is InChI=1S/C21H19ClN2O4/c22-14-4-1-12(2-5-14)11-24-18-7-6-15(9-13(18)3-8-19(24)25)23-20(26)16-10-17(16)21(27)28/h1-2,4-7,9,16-17H,3,8,10-11H2,(H,23,26)(H,27,28). The van der Waals surface area contributed by atoms with E-state index >= 15 is 0 Å². The summed E-state index contributed by atoms with van der Waals surface area (Å²) >= 11 is 5.93. The topological polar surface area (TPSA) is 86.7 Å². The van der Waals surface area contributed by atoms with E-state index in [1.165, 1.54) is 0 Å². The minimum Gasteiger partial charge on any atom is -0.481 e. The molecule has 2 aliphatic rings. The Balaban J connectivity index is 1.50. The van der Waals surface area contributed by atoms with Gasteiger partial charge in [0.2, 0.25) is 11.8 Å². The van der Waals surface area contributed by atoms with Gasteiger partial charge in [-0.3, -0.25) is 14.4 Å². The lowest BCUT2D eigenvalue weighted by molar-refractivity contribution is -0.139. The van der Waals surface area contributed by atoms with Gasteiger partial charge >= 0.3 is 5.97 Å². The van der Waals surface area contributed by atoms with Crippen molar-refractivity contribution in [3.05, 3.63) is 58.6 Å². The van der Waals surface area contributed by atoms with Gasteiger partial charge in [0.1, 0.15) is 0 Å². The molecule has 28 heavy (non-hydrogen) atoms. The van der Waals surface area contributed by atoms with E-state index in [0.717, 1.165) is 16.8 Å². The molecule has 6 nitrogen and oxygen atoms in total. The van der Waals surface area contributed by atoms with E-state index in [4.69, 9.17) is 16.7 Å². The molecule has 2 N–H and O–H groups in total.